The lowest BCUT2D eigenvalue weighted by molar-refractivity contribution is 0.596. The van der Waals surface area contributed by atoms with E-state index in [9.17, 15) is 8.42 Å². The molecule has 1 aromatic carbocycles. The smallest absolute Gasteiger partial charge is 0.273 e. The normalized spacial score (nSPS) is 11.6. The molecule has 0 spiro atoms. The Morgan fingerprint density at radius 3 is 2.33 bits per heavy atom. The minimum Gasteiger partial charge on any atom is -0.316 e. The first-order chi connectivity index (χ1) is 9.84. The van der Waals surface area contributed by atoms with Crippen molar-refractivity contribution in [2.45, 2.75) is 24.6 Å². The average molecular weight is 324 g/mol. The van der Waals surface area contributed by atoms with Gasteiger partial charge in [0, 0.05) is 13.6 Å². The lowest BCUT2D eigenvalue weighted by atomic mass is 10.1. The first kappa shape index (κ1) is 16.0. The fraction of sp³-hybridized carbons (Fsp3) is 0.333. The highest BCUT2D eigenvalue weighted by atomic mass is 32.2. The molecule has 0 fully saturated rings. The van der Waals surface area contributed by atoms with Crippen molar-refractivity contribution in [2.24, 2.45) is 0 Å². The third-order valence-corrected chi connectivity index (χ3v) is 6.44. The highest BCUT2D eigenvalue weighted by Gasteiger charge is 2.23. The largest absolute Gasteiger partial charge is 0.316 e. The van der Waals surface area contributed by atoms with Crippen LogP contribution in [0.3, 0.4) is 0 Å². The monoisotopic (exact) mass is 324 g/mol. The summed E-state index contributed by atoms with van der Waals surface area (Å²) in [6, 6.07) is 7.52. The number of benzene rings is 1. The molecule has 6 heteroatoms. The van der Waals surface area contributed by atoms with Gasteiger partial charge in [0.15, 0.2) is 0 Å². The lowest BCUT2D eigenvalue weighted by Gasteiger charge is -2.19. The van der Waals surface area contributed by atoms with Crippen molar-refractivity contribution in [3.8, 4) is 0 Å². The summed E-state index contributed by atoms with van der Waals surface area (Å²) in [5, 5.41) is 4.90. The highest BCUT2D eigenvalue weighted by molar-refractivity contribution is 7.94. The van der Waals surface area contributed by atoms with Gasteiger partial charge < -0.3 is 5.32 Å². The Kier molecular flexibility index (Phi) is 4.70. The van der Waals surface area contributed by atoms with Crippen LogP contribution >= 0.6 is 11.3 Å². The molecule has 0 aliphatic heterocycles. The van der Waals surface area contributed by atoms with Crippen LogP contribution in [0.2, 0.25) is 0 Å². The molecule has 0 aliphatic carbocycles. The van der Waals surface area contributed by atoms with Crippen molar-refractivity contribution in [3.63, 3.8) is 0 Å². The van der Waals surface area contributed by atoms with Gasteiger partial charge in [-0.05, 0) is 61.2 Å². The molecule has 1 N–H and O–H groups in total. The zero-order valence-electron chi connectivity index (χ0n) is 12.7. The van der Waals surface area contributed by atoms with Crippen molar-refractivity contribution in [1.29, 1.82) is 0 Å². The summed E-state index contributed by atoms with van der Waals surface area (Å²) in [5.74, 6) is 0. The maximum absolute atomic E-state index is 12.7. The molecule has 114 valence electrons. The molecular formula is C15H20N2O2S2. The Bertz CT molecular complexity index is 716. The molecular weight excluding hydrogens is 304 g/mol. The molecule has 0 unspecified atom stereocenters. The van der Waals surface area contributed by atoms with Gasteiger partial charge in [-0.3, -0.25) is 4.31 Å². The number of nitrogens with one attached hydrogen (secondary N) is 1. The van der Waals surface area contributed by atoms with Crippen LogP contribution in [0.1, 0.15) is 16.7 Å². The number of thiophene rings is 1. The van der Waals surface area contributed by atoms with Crippen LogP contribution < -0.4 is 9.62 Å². The fourth-order valence-corrected chi connectivity index (χ4v) is 4.75. The summed E-state index contributed by atoms with van der Waals surface area (Å²) < 4.78 is 27.1. The second kappa shape index (κ2) is 6.17. The molecule has 0 radical (unpaired) electrons. The van der Waals surface area contributed by atoms with Gasteiger partial charge in [-0.15, -0.1) is 11.3 Å². The van der Waals surface area contributed by atoms with E-state index in [1.54, 1.807) is 13.1 Å². The Labute approximate surface area is 130 Å². The maximum Gasteiger partial charge on any atom is 0.273 e. The van der Waals surface area contributed by atoms with Crippen LogP contribution in [0.25, 0.3) is 0 Å². The average Bonchev–Trinajstić information content (AvgIpc) is 2.86. The van der Waals surface area contributed by atoms with Gasteiger partial charge in [-0.1, -0.05) is 6.07 Å². The molecule has 1 aromatic heterocycles. The Hall–Kier alpha value is -1.37. The first-order valence-electron chi connectivity index (χ1n) is 6.64. The molecule has 0 bridgehead atoms. The standard InChI is InChI=1S/C15H20N2O2S2/c1-11-5-12(2)7-14(6-11)17(4)21(18,19)15-8-13(9-16-3)10-20-15/h5-8,10,16H,9H2,1-4H3. The van der Waals surface area contributed by atoms with Crippen LogP contribution in [0, 0.1) is 13.8 Å². The second-order valence-corrected chi connectivity index (χ2v) is 8.23. The third-order valence-electron chi connectivity index (χ3n) is 3.20. The SMILES string of the molecule is CNCc1csc(S(=O)(=O)N(C)c2cc(C)cc(C)c2)c1. The lowest BCUT2D eigenvalue weighted by Crippen LogP contribution is -2.26. The highest BCUT2D eigenvalue weighted by Crippen LogP contribution is 2.28. The number of sulfonamides is 1. The summed E-state index contributed by atoms with van der Waals surface area (Å²) in [7, 11) is -0.0600. The van der Waals surface area contributed by atoms with Gasteiger partial charge in [0.2, 0.25) is 0 Å². The number of anilines is 1. The number of rotatable bonds is 5. The molecule has 0 aliphatic rings. The van der Waals surface area contributed by atoms with E-state index < -0.39 is 10.0 Å². The van der Waals surface area contributed by atoms with Crippen LogP contribution in [0.4, 0.5) is 5.69 Å². The van der Waals surface area contributed by atoms with Gasteiger partial charge in [0.05, 0.1) is 5.69 Å². The Morgan fingerprint density at radius 2 is 1.76 bits per heavy atom. The molecule has 21 heavy (non-hydrogen) atoms. The maximum atomic E-state index is 12.7. The van der Waals surface area contributed by atoms with Crippen molar-refractivity contribution in [3.05, 3.63) is 46.3 Å². The molecule has 2 aromatic rings. The number of aryl methyl sites for hydroxylation is 2. The third kappa shape index (κ3) is 3.45. The van der Waals surface area contributed by atoms with Crippen LogP contribution in [-0.4, -0.2) is 22.5 Å². The molecule has 0 atom stereocenters. The van der Waals surface area contributed by atoms with Gasteiger partial charge in [-0.2, -0.15) is 0 Å². The van der Waals surface area contributed by atoms with E-state index in [1.165, 1.54) is 15.6 Å². The van der Waals surface area contributed by atoms with E-state index in [-0.39, 0.29) is 0 Å². The van der Waals surface area contributed by atoms with E-state index in [0.29, 0.717) is 16.4 Å². The first-order valence-corrected chi connectivity index (χ1v) is 8.96. The Morgan fingerprint density at radius 1 is 1.14 bits per heavy atom. The summed E-state index contributed by atoms with van der Waals surface area (Å²) in [4.78, 5) is 0. The minimum atomic E-state index is -3.50. The van der Waals surface area contributed by atoms with Gasteiger partial charge in [0.1, 0.15) is 4.21 Å². The van der Waals surface area contributed by atoms with Crippen LogP contribution in [0.5, 0.6) is 0 Å². The van der Waals surface area contributed by atoms with Gasteiger partial charge in [-0.25, -0.2) is 8.42 Å². The predicted octanol–water partition coefficient (Wildman–Crippen LogP) is 2.91. The van der Waals surface area contributed by atoms with Crippen LogP contribution in [-0.2, 0) is 16.6 Å². The second-order valence-electron chi connectivity index (χ2n) is 5.12. The Balaban J connectivity index is 2.37. The van der Waals surface area contributed by atoms with E-state index in [4.69, 9.17) is 0 Å². The van der Waals surface area contributed by atoms with Gasteiger partial charge in [0.25, 0.3) is 10.0 Å². The molecule has 0 amide bonds. The predicted molar refractivity (Wildman–Crippen MR) is 88.6 cm³/mol. The number of hydrogen-bond acceptors (Lipinski definition) is 4. The topological polar surface area (TPSA) is 49.4 Å². The molecule has 1 heterocycles. The zero-order chi connectivity index (χ0) is 15.6. The summed E-state index contributed by atoms with van der Waals surface area (Å²) >= 11 is 1.26. The van der Waals surface area contributed by atoms with Crippen LogP contribution in [0.15, 0.2) is 33.9 Å². The van der Waals surface area contributed by atoms with E-state index >= 15 is 0 Å². The van der Waals surface area contributed by atoms with E-state index in [1.807, 2.05) is 44.5 Å². The summed E-state index contributed by atoms with van der Waals surface area (Å²) in [6.07, 6.45) is 0. The zero-order valence-corrected chi connectivity index (χ0v) is 14.3. The molecule has 0 saturated heterocycles. The summed E-state index contributed by atoms with van der Waals surface area (Å²) in [6.45, 7) is 4.60. The van der Waals surface area contributed by atoms with Crippen molar-refractivity contribution in [2.75, 3.05) is 18.4 Å². The van der Waals surface area contributed by atoms with E-state index in [2.05, 4.69) is 5.32 Å². The summed E-state index contributed by atoms with van der Waals surface area (Å²) in [5.41, 5.74) is 3.77. The molecule has 2 rings (SSSR count). The van der Waals surface area contributed by atoms with Crippen molar-refractivity contribution < 1.29 is 8.42 Å². The molecule has 0 saturated carbocycles. The number of nitrogens with zero attached hydrogens (tertiary/aromatic N) is 1. The van der Waals surface area contributed by atoms with E-state index in [0.717, 1.165) is 16.7 Å². The van der Waals surface area contributed by atoms with Crippen molar-refractivity contribution >= 4 is 27.0 Å². The van der Waals surface area contributed by atoms with Crippen molar-refractivity contribution in [1.82, 2.24) is 5.32 Å². The molecule has 4 nitrogen and oxygen atoms in total. The quantitative estimate of drug-likeness (QED) is 0.920. The number of hydrogen-bond donors (Lipinski definition) is 1. The van der Waals surface area contributed by atoms with Gasteiger partial charge >= 0.3 is 0 Å². The fourth-order valence-electron chi connectivity index (χ4n) is 2.19. The minimum absolute atomic E-state index is 0.370.